The lowest BCUT2D eigenvalue weighted by Crippen LogP contribution is -2.74. The minimum Gasteiger partial charge on any atom is -0.481 e. The Labute approximate surface area is 184 Å². The van der Waals surface area contributed by atoms with E-state index in [2.05, 4.69) is 20.6 Å². The highest BCUT2D eigenvalue weighted by molar-refractivity contribution is 8.00. The quantitative estimate of drug-likeness (QED) is 0.0709. The Morgan fingerprint density at radius 3 is 2.58 bits per heavy atom. The minimum atomic E-state index is -1.49. The molecular formula is C16H19ClN4O9S. The number of alkyl halides is 1. The van der Waals surface area contributed by atoms with Gasteiger partial charge in [-0.25, -0.2) is 4.79 Å². The largest absolute Gasteiger partial charge is 0.481 e. The van der Waals surface area contributed by atoms with Crippen LogP contribution >= 0.6 is 23.4 Å². The number of rotatable bonds is 8. The number of β-lactam (4-membered cyclic amide) rings is 1. The summed E-state index contributed by atoms with van der Waals surface area (Å²) in [4.78, 5) is 76.3. The van der Waals surface area contributed by atoms with Crippen LogP contribution in [-0.4, -0.2) is 94.6 Å². The van der Waals surface area contributed by atoms with Crippen molar-refractivity contribution in [2.24, 2.45) is 10.6 Å². The van der Waals surface area contributed by atoms with Crippen molar-refractivity contribution in [2.75, 3.05) is 31.8 Å². The van der Waals surface area contributed by atoms with Crippen LogP contribution in [0, 0.1) is 5.41 Å². The van der Waals surface area contributed by atoms with Crippen molar-refractivity contribution in [3.63, 3.8) is 0 Å². The number of amides is 3. The van der Waals surface area contributed by atoms with Crippen LogP contribution in [0.4, 0.5) is 4.79 Å². The lowest BCUT2D eigenvalue weighted by Gasteiger charge is -2.53. The van der Waals surface area contributed by atoms with Gasteiger partial charge >= 0.3 is 18.0 Å². The molecule has 2 aliphatic rings. The summed E-state index contributed by atoms with van der Waals surface area (Å²) in [5.41, 5.74) is -2.29. The predicted octanol–water partition coefficient (Wildman–Crippen LogP) is -1.46. The van der Waals surface area contributed by atoms with Gasteiger partial charge in [-0.15, -0.1) is 23.4 Å². The third-order valence-corrected chi connectivity index (χ3v) is 6.29. The zero-order valence-corrected chi connectivity index (χ0v) is 17.9. The molecule has 3 N–H and O–H groups in total. The molecule has 3 atom stereocenters. The van der Waals surface area contributed by atoms with Crippen LogP contribution in [0.1, 0.15) is 6.92 Å². The molecule has 0 bridgehead atoms. The van der Waals surface area contributed by atoms with Crippen molar-refractivity contribution >= 4 is 64.7 Å². The second kappa shape index (κ2) is 9.96. The van der Waals surface area contributed by atoms with E-state index >= 15 is 0 Å². The molecule has 2 saturated heterocycles. The number of fused-ring (bicyclic) bond motifs is 1. The van der Waals surface area contributed by atoms with Gasteiger partial charge in [-0.2, -0.15) is 0 Å². The summed E-state index contributed by atoms with van der Waals surface area (Å²) in [5, 5.41) is 16.6. The van der Waals surface area contributed by atoms with Crippen molar-refractivity contribution in [3.05, 3.63) is 0 Å². The fraction of sp³-hybridized carbons (Fsp3) is 0.562. The number of oxime groups is 1. The summed E-state index contributed by atoms with van der Waals surface area (Å²) < 4.78 is 4.85. The highest BCUT2D eigenvalue weighted by atomic mass is 35.5. The number of nitrogens with zero attached hydrogens (tertiary/aromatic N) is 2. The molecule has 0 aromatic heterocycles. The second-order valence-electron chi connectivity index (χ2n) is 6.61. The Morgan fingerprint density at radius 2 is 2.03 bits per heavy atom. The summed E-state index contributed by atoms with van der Waals surface area (Å²) in [5.74, 6) is -5.10. The molecule has 31 heavy (non-hydrogen) atoms. The molecule has 13 nitrogen and oxygen atoms in total. The average Bonchev–Trinajstić information content (AvgIpc) is 2.75. The van der Waals surface area contributed by atoms with Gasteiger partial charge in [0.1, 0.15) is 23.4 Å². The van der Waals surface area contributed by atoms with Crippen molar-refractivity contribution in [3.8, 4) is 0 Å². The van der Waals surface area contributed by atoms with E-state index in [1.807, 2.05) is 0 Å². The van der Waals surface area contributed by atoms with E-state index in [-0.39, 0.29) is 12.3 Å². The van der Waals surface area contributed by atoms with Gasteiger partial charge in [0.25, 0.3) is 5.91 Å². The van der Waals surface area contributed by atoms with Crippen molar-refractivity contribution in [1.29, 1.82) is 0 Å². The molecule has 0 saturated carbocycles. The highest BCUT2D eigenvalue weighted by Crippen LogP contribution is 2.42. The third-order valence-electron chi connectivity index (χ3n) is 4.46. The standard InChI is InChI=1S/C16H19ClN4O9S/c1-7(22)29-5-16(14(26)27)4-21-12(25)10(13(21)31-6-16)19-11(24)9(8(23)3-17)20-30-15(28)18-2/h10,13H,3-6H2,1-2H3,(H,18,28)(H,19,24)(H,26,27)/t10?,13-,16?/m1/s1. The fourth-order valence-electron chi connectivity index (χ4n) is 2.77. The molecule has 2 aliphatic heterocycles. The lowest BCUT2D eigenvalue weighted by molar-refractivity contribution is -0.164. The summed E-state index contributed by atoms with van der Waals surface area (Å²) in [6.07, 6.45) is -1.03. The second-order valence-corrected chi connectivity index (χ2v) is 7.98. The Bertz CT molecular complexity index is 851. The van der Waals surface area contributed by atoms with Gasteiger partial charge in [0.2, 0.25) is 17.4 Å². The van der Waals surface area contributed by atoms with E-state index in [1.165, 1.54) is 11.9 Å². The number of Topliss-reactive ketones (excluding diaryl/α,β-unsaturated/α-hetero) is 1. The zero-order valence-electron chi connectivity index (χ0n) is 16.4. The Morgan fingerprint density at radius 1 is 1.35 bits per heavy atom. The monoisotopic (exact) mass is 478 g/mol. The molecule has 0 aromatic rings. The molecule has 0 aromatic carbocycles. The predicted molar refractivity (Wildman–Crippen MR) is 105 cm³/mol. The normalized spacial score (nSPS) is 24.9. The summed E-state index contributed by atoms with van der Waals surface area (Å²) in [6.45, 7) is 0.514. The number of hydrogen-bond donors (Lipinski definition) is 3. The molecule has 2 rings (SSSR count). The molecular weight excluding hydrogens is 460 g/mol. The van der Waals surface area contributed by atoms with Gasteiger partial charge in [-0.05, 0) is 0 Å². The number of halogens is 1. The molecule has 0 spiro atoms. The summed E-state index contributed by atoms with van der Waals surface area (Å²) in [6, 6.07) is -1.06. The zero-order chi connectivity index (χ0) is 23.3. The van der Waals surface area contributed by atoms with E-state index < -0.39 is 70.7 Å². The number of thioether (sulfide) groups is 1. The van der Waals surface area contributed by atoms with Crippen LogP contribution in [-0.2, 0) is 33.5 Å². The first kappa shape index (κ1) is 24.4. The van der Waals surface area contributed by atoms with Crippen molar-refractivity contribution in [1.82, 2.24) is 15.5 Å². The van der Waals surface area contributed by atoms with E-state index in [0.29, 0.717) is 0 Å². The Kier molecular flexibility index (Phi) is 7.84. The van der Waals surface area contributed by atoms with E-state index in [0.717, 1.165) is 18.7 Å². The molecule has 2 fully saturated rings. The smallest absolute Gasteiger partial charge is 0.433 e. The van der Waals surface area contributed by atoms with E-state index in [4.69, 9.17) is 16.3 Å². The van der Waals surface area contributed by atoms with Gasteiger partial charge in [-0.3, -0.25) is 28.8 Å². The van der Waals surface area contributed by atoms with Crippen molar-refractivity contribution in [2.45, 2.75) is 18.3 Å². The maximum atomic E-state index is 12.5. The van der Waals surface area contributed by atoms with Crippen LogP contribution in [0.2, 0.25) is 0 Å². The maximum Gasteiger partial charge on any atom is 0.433 e. The molecule has 0 aliphatic carbocycles. The molecule has 2 heterocycles. The van der Waals surface area contributed by atoms with Crippen LogP contribution in [0.3, 0.4) is 0 Å². The number of ketones is 1. The topological polar surface area (TPSA) is 181 Å². The van der Waals surface area contributed by atoms with Gasteiger partial charge in [0.15, 0.2) is 0 Å². The Hall–Kier alpha value is -2.87. The fourth-order valence-corrected chi connectivity index (χ4v) is 4.42. The Balaban J connectivity index is 2.09. The third kappa shape index (κ3) is 5.25. The first-order valence-corrected chi connectivity index (χ1v) is 10.3. The SMILES string of the molecule is CNC(=O)ON=C(C(=O)CCl)C(=O)NC1C(=O)N2CC(COC(C)=O)(C(=O)O)CS[C@H]12. The van der Waals surface area contributed by atoms with E-state index in [1.54, 1.807) is 0 Å². The number of ether oxygens (including phenoxy) is 1. The molecule has 170 valence electrons. The lowest BCUT2D eigenvalue weighted by atomic mass is 9.88. The summed E-state index contributed by atoms with van der Waals surface area (Å²) in [7, 11) is 1.24. The van der Waals surface area contributed by atoms with Gasteiger partial charge in [0.05, 0.1) is 5.88 Å². The van der Waals surface area contributed by atoms with Gasteiger partial charge in [-0.1, -0.05) is 5.16 Å². The van der Waals surface area contributed by atoms with Gasteiger partial charge < -0.3 is 25.4 Å². The number of carbonyl (C=O) groups excluding carboxylic acids is 5. The first-order valence-electron chi connectivity index (χ1n) is 8.72. The van der Waals surface area contributed by atoms with Crippen LogP contribution in [0.25, 0.3) is 0 Å². The minimum absolute atomic E-state index is 0.0117. The molecule has 3 amide bonds. The van der Waals surface area contributed by atoms with Gasteiger partial charge in [0, 0.05) is 26.3 Å². The number of carboxylic acid groups (broad SMARTS) is 1. The number of nitrogens with one attached hydrogen (secondary N) is 2. The number of esters is 1. The maximum absolute atomic E-state index is 12.5. The average molecular weight is 479 g/mol. The first-order chi connectivity index (χ1) is 14.6. The molecule has 15 heteroatoms. The number of carboxylic acids is 1. The number of hydrogen-bond acceptors (Lipinski definition) is 10. The summed E-state index contributed by atoms with van der Waals surface area (Å²) >= 11 is 6.51. The van der Waals surface area contributed by atoms with Crippen LogP contribution in [0.5, 0.6) is 0 Å². The number of carbonyl (C=O) groups is 6. The van der Waals surface area contributed by atoms with Crippen LogP contribution < -0.4 is 10.6 Å². The van der Waals surface area contributed by atoms with Crippen molar-refractivity contribution < 1.29 is 43.4 Å². The number of aliphatic carboxylic acids is 1. The van der Waals surface area contributed by atoms with E-state index in [9.17, 15) is 33.9 Å². The molecule has 0 radical (unpaired) electrons. The van der Waals surface area contributed by atoms with Crippen LogP contribution in [0.15, 0.2) is 5.16 Å². The molecule has 2 unspecified atom stereocenters. The highest BCUT2D eigenvalue weighted by Gasteiger charge is 2.58.